The number of hydrogen-bond acceptors (Lipinski definition) is 4. The predicted octanol–water partition coefficient (Wildman–Crippen LogP) is 3.00. The lowest BCUT2D eigenvalue weighted by Crippen LogP contribution is -2.46. The van der Waals surface area contributed by atoms with Gasteiger partial charge in [0.1, 0.15) is 24.4 Å². The highest BCUT2D eigenvalue weighted by atomic mass is 16.5. The van der Waals surface area contributed by atoms with Gasteiger partial charge in [-0.2, -0.15) is 0 Å². The second-order valence-corrected chi connectivity index (χ2v) is 5.76. The second-order valence-electron chi connectivity index (χ2n) is 5.76. The Morgan fingerprint density at radius 3 is 2.67 bits per heavy atom. The highest BCUT2D eigenvalue weighted by Crippen LogP contribution is 2.34. The number of aldehydes is 1. The van der Waals surface area contributed by atoms with Crippen LogP contribution in [-0.2, 0) is 4.79 Å². The van der Waals surface area contributed by atoms with Crippen LogP contribution in [0.15, 0.2) is 42.5 Å². The molecule has 0 fully saturated rings. The summed E-state index contributed by atoms with van der Waals surface area (Å²) in [6, 6.07) is 12.8. The van der Waals surface area contributed by atoms with Crippen LogP contribution in [0.3, 0.4) is 0 Å². The molecule has 0 aromatic heterocycles. The molecule has 1 aliphatic heterocycles. The fourth-order valence-electron chi connectivity index (χ4n) is 2.62. The van der Waals surface area contributed by atoms with Gasteiger partial charge in [0.05, 0.1) is 12.2 Å². The minimum absolute atomic E-state index is 0.141. The van der Waals surface area contributed by atoms with Crippen LogP contribution in [0.2, 0.25) is 0 Å². The number of carbonyl (C=O) groups excluding carboxylic acids is 2. The molecule has 5 nitrogen and oxygen atoms in total. The number of hydrogen-bond donors (Lipinski definition) is 0. The van der Waals surface area contributed by atoms with Crippen LogP contribution in [0.5, 0.6) is 11.5 Å². The van der Waals surface area contributed by atoms with Gasteiger partial charge in [-0.3, -0.25) is 9.59 Å². The molecule has 2 aromatic carbocycles. The van der Waals surface area contributed by atoms with E-state index in [2.05, 4.69) is 0 Å². The molecule has 24 heavy (non-hydrogen) atoms. The standard InChI is InChI=1S/C19H19NO4/c1-13-3-6-16(7-4-13)23-10-9-20-17-11-15(12-21)5-8-18(17)24-14(2)19(20)22/h3-8,11-12,14H,9-10H2,1-2H3. The topological polar surface area (TPSA) is 55.8 Å². The molecule has 3 rings (SSSR count). The Labute approximate surface area is 140 Å². The first kappa shape index (κ1) is 16.1. The van der Waals surface area contributed by atoms with E-state index in [1.165, 1.54) is 0 Å². The van der Waals surface area contributed by atoms with E-state index in [1.807, 2.05) is 31.2 Å². The Bertz CT molecular complexity index is 754. The number of carbonyl (C=O) groups is 2. The van der Waals surface area contributed by atoms with Crippen molar-refractivity contribution in [2.24, 2.45) is 0 Å². The van der Waals surface area contributed by atoms with Gasteiger partial charge >= 0.3 is 0 Å². The second kappa shape index (κ2) is 6.74. The molecular formula is C19H19NO4. The van der Waals surface area contributed by atoms with Crippen molar-refractivity contribution in [2.45, 2.75) is 20.0 Å². The van der Waals surface area contributed by atoms with Gasteiger partial charge in [-0.1, -0.05) is 17.7 Å². The SMILES string of the molecule is Cc1ccc(OCCN2C(=O)C(C)Oc3ccc(C=O)cc32)cc1. The molecule has 1 aliphatic rings. The first-order valence-electron chi connectivity index (χ1n) is 7.85. The van der Waals surface area contributed by atoms with Gasteiger partial charge in [0.25, 0.3) is 5.91 Å². The summed E-state index contributed by atoms with van der Waals surface area (Å²) in [6.07, 6.45) is 0.197. The van der Waals surface area contributed by atoms with E-state index in [9.17, 15) is 9.59 Å². The maximum Gasteiger partial charge on any atom is 0.267 e. The molecule has 2 aromatic rings. The quantitative estimate of drug-likeness (QED) is 0.793. The molecular weight excluding hydrogens is 306 g/mol. The summed E-state index contributed by atoms with van der Waals surface area (Å²) in [7, 11) is 0. The van der Waals surface area contributed by atoms with Crippen molar-refractivity contribution in [2.75, 3.05) is 18.1 Å². The maximum absolute atomic E-state index is 12.4. The van der Waals surface area contributed by atoms with Crippen LogP contribution >= 0.6 is 0 Å². The zero-order chi connectivity index (χ0) is 17.1. The fourth-order valence-corrected chi connectivity index (χ4v) is 2.62. The van der Waals surface area contributed by atoms with Gasteiger partial charge in [0.2, 0.25) is 0 Å². The molecule has 1 atom stereocenters. The molecule has 1 unspecified atom stereocenters. The summed E-state index contributed by atoms with van der Waals surface area (Å²) in [6.45, 7) is 4.47. The smallest absolute Gasteiger partial charge is 0.267 e. The lowest BCUT2D eigenvalue weighted by atomic mass is 10.1. The number of fused-ring (bicyclic) bond motifs is 1. The van der Waals surface area contributed by atoms with Crippen molar-refractivity contribution < 1.29 is 19.1 Å². The minimum Gasteiger partial charge on any atom is -0.492 e. The molecule has 0 radical (unpaired) electrons. The third-order valence-electron chi connectivity index (χ3n) is 3.93. The molecule has 0 saturated carbocycles. The number of anilines is 1. The Morgan fingerprint density at radius 2 is 1.96 bits per heavy atom. The lowest BCUT2D eigenvalue weighted by molar-refractivity contribution is -0.125. The first-order valence-corrected chi connectivity index (χ1v) is 7.85. The summed E-state index contributed by atoms with van der Waals surface area (Å²) in [4.78, 5) is 25.0. The van der Waals surface area contributed by atoms with E-state index in [0.29, 0.717) is 30.2 Å². The van der Waals surface area contributed by atoms with E-state index in [4.69, 9.17) is 9.47 Å². The first-order chi connectivity index (χ1) is 11.6. The van der Waals surface area contributed by atoms with E-state index < -0.39 is 6.10 Å². The number of nitrogens with zero attached hydrogens (tertiary/aromatic N) is 1. The van der Waals surface area contributed by atoms with E-state index in [-0.39, 0.29) is 5.91 Å². The van der Waals surface area contributed by atoms with Gasteiger partial charge in [0, 0.05) is 5.56 Å². The number of ether oxygens (including phenoxy) is 2. The van der Waals surface area contributed by atoms with Crippen LogP contribution in [0.25, 0.3) is 0 Å². The van der Waals surface area contributed by atoms with Crippen LogP contribution in [-0.4, -0.2) is 31.4 Å². The van der Waals surface area contributed by atoms with Gasteiger partial charge < -0.3 is 14.4 Å². The fraction of sp³-hybridized carbons (Fsp3) is 0.263. The largest absolute Gasteiger partial charge is 0.492 e. The third kappa shape index (κ3) is 3.25. The van der Waals surface area contributed by atoms with E-state index in [1.54, 1.807) is 30.0 Å². The van der Waals surface area contributed by atoms with Gasteiger partial charge in [-0.25, -0.2) is 0 Å². The molecule has 0 aliphatic carbocycles. The summed E-state index contributed by atoms with van der Waals surface area (Å²) in [5, 5.41) is 0. The molecule has 0 spiro atoms. The molecule has 1 amide bonds. The molecule has 124 valence electrons. The lowest BCUT2D eigenvalue weighted by Gasteiger charge is -2.33. The Balaban J connectivity index is 1.75. The monoisotopic (exact) mass is 325 g/mol. The Kier molecular flexibility index (Phi) is 4.51. The van der Waals surface area contributed by atoms with Crippen molar-refractivity contribution in [1.29, 1.82) is 0 Å². The summed E-state index contributed by atoms with van der Waals surface area (Å²) < 4.78 is 11.3. The van der Waals surface area contributed by atoms with E-state index in [0.717, 1.165) is 17.6 Å². The van der Waals surface area contributed by atoms with Gasteiger partial charge in [-0.05, 0) is 44.2 Å². The zero-order valence-electron chi connectivity index (χ0n) is 13.7. The third-order valence-corrected chi connectivity index (χ3v) is 3.93. The number of aryl methyl sites for hydroxylation is 1. The summed E-state index contributed by atoms with van der Waals surface area (Å²) in [5.41, 5.74) is 2.27. The highest BCUT2D eigenvalue weighted by molar-refractivity contribution is 6.00. The maximum atomic E-state index is 12.4. The number of benzene rings is 2. The molecule has 1 heterocycles. The van der Waals surface area contributed by atoms with Crippen molar-refractivity contribution in [3.8, 4) is 11.5 Å². The van der Waals surface area contributed by atoms with Crippen LogP contribution in [0.4, 0.5) is 5.69 Å². The normalized spacial score (nSPS) is 16.3. The highest BCUT2D eigenvalue weighted by Gasteiger charge is 2.31. The minimum atomic E-state index is -0.557. The van der Waals surface area contributed by atoms with Crippen molar-refractivity contribution in [3.05, 3.63) is 53.6 Å². The van der Waals surface area contributed by atoms with Crippen LogP contribution < -0.4 is 14.4 Å². The number of amides is 1. The molecule has 0 saturated heterocycles. The number of rotatable bonds is 5. The van der Waals surface area contributed by atoms with Crippen molar-refractivity contribution in [3.63, 3.8) is 0 Å². The predicted molar refractivity (Wildman–Crippen MR) is 90.9 cm³/mol. The van der Waals surface area contributed by atoms with Crippen LogP contribution in [0, 0.1) is 6.92 Å². The van der Waals surface area contributed by atoms with Crippen molar-refractivity contribution in [1.82, 2.24) is 0 Å². The molecule has 0 N–H and O–H groups in total. The zero-order valence-corrected chi connectivity index (χ0v) is 13.7. The van der Waals surface area contributed by atoms with Crippen LogP contribution in [0.1, 0.15) is 22.8 Å². The van der Waals surface area contributed by atoms with E-state index >= 15 is 0 Å². The molecule has 0 bridgehead atoms. The van der Waals surface area contributed by atoms with Gasteiger partial charge in [0.15, 0.2) is 6.10 Å². The summed E-state index contributed by atoms with van der Waals surface area (Å²) >= 11 is 0. The van der Waals surface area contributed by atoms with Gasteiger partial charge in [-0.15, -0.1) is 0 Å². The van der Waals surface area contributed by atoms with Crippen molar-refractivity contribution >= 4 is 17.9 Å². The average molecular weight is 325 g/mol. The summed E-state index contributed by atoms with van der Waals surface area (Å²) in [5.74, 6) is 1.22. The Morgan fingerprint density at radius 1 is 1.21 bits per heavy atom. The average Bonchev–Trinajstić information content (AvgIpc) is 2.59. The molecule has 5 heteroatoms. The Hall–Kier alpha value is -2.82.